The van der Waals surface area contributed by atoms with E-state index in [4.69, 9.17) is 4.74 Å². The largest absolute Gasteiger partial charge is 0.469 e. The molecule has 104 valence electrons. The van der Waals surface area contributed by atoms with Gasteiger partial charge in [-0.15, -0.1) is 0 Å². The molecule has 1 fully saturated rings. The van der Waals surface area contributed by atoms with E-state index in [1.165, 1.54) is 12.0 Å². The Labute approximate surface area is 107 Å². The number of rotatable bonds is 1. The zero-order chi connectivity index (χ0) is 14.1. The number of methoxy groups -OCH3 is 1. The average molecular weight is 259 g/mol. The summed E-state index contributed by atoms with van der Waals surface area (Å²) >= 11 is 0. The maximum atomic E-state index is 11.9. The van der Waals surface area contributed by atoms with E-state index < -0.39 is 35.7 Å². The molecule has 1 N–H and O–H groups in total. The average Bonchev–Trinajstić information content (AvgIpc) is 2.53. The van der Waals surface area contributed by atoms with Gasteiger partial charge in [0, 0.05) is 6.54 Å². The van der Waals surface area contributed by atoms with Crippen LogP contribution in [0.3, 0.4) is 0 Å². The molecule has 0 aromatic rings. The number of hydrogen-bond donors (Lipinski definition) is 1. The van der Waals surface area contributed by atoms with Gasteiger partial charge in [-0.2, -0.15) is 0 Å². The van der Waals surface area contributed by atoms with Crippen LogP contribution >= 0.6 is 0 Å². The Morgan fingerprint density at radius 2 is 1.89 bits per heavy atom. The highest BCUT2D eigenvalue weighted by Crippen LogP contribution is 2.26. The van der Waals surface area contributed by atoms with E-state index in [9.17, 15) is 14.7 Å². The van der Waals surface area contributed by atoms with Gasteiger partial charge in [0.05, 0.1) is 19.3 Å². The van der Waals surface area contributed by atoms with Crippen molar-refractivity contribution in [3.8, 4) is 0 Å². The molecule has 0 aromatic carbocycles. The van der Waals surface area contributed by atoms with Gasteiger partial charge < -0.3 is 19.5 Å². The molecule has 1 heterocycles. The molecule has 1 aliphatic rings. The predicted molar refractivity (Wildman–Crippen MR) is 63.9 cm³/mol. The first kappa shape index (κ1) is 14.8. The molecule has 6 heteroatoms. The highest BCUT2D eigenvalue weighted by atomic mass is 16.6. The number of aliphatic hydroxyl groups excluding tert-OH is 1. The van der Waals surface area contributed by atoms with Crippen molar-refractivity contribution in [2.75, 3.05) is 13.7 Å². The van der Waals surface area contributed by atoms with Crippen LogP contribution in [0.4, 0.5) is 4.79 Å². The Morgan fingerprint density at radius 3 is 2.33 bits per heavy atom. The van der Waals surface area contributed by atoms with Crippen molar-refractivity contribution in [3.63, 3.8) is 0 Å². The lowest BCUT2D eigenvalue weighted by Crippen LogP contribution is -2.40. The van der Waals surface area contributed by atoms with E-state index in [0.29, 0.717) is 0 Å². The third-order valence-electron chi connectivity index (χ3n) is 2.92. The van der Waals surface area contributed by atoms with Crippen molar-refractivity contribution >= 4 is 12.1 Å². The van der Waals surface area contributed by atoms with Crippen LogP contribution in [-0.4, -0.2) is 53.5 Å². The van der Waals surface area contributed by atoms with Gasteiger partial charge in [0.1, 0.15) is 11.5 Å². The predicted octanol–water partition coefficient (Wildman–Crippen LogP) is 0.776. The summed E-state index contributed by atoms with van der Waals surface area (Å²) in [6.07, 6.45) is -1.45. The SMILES string of the molecule is COC(=O)[C@@H]1CN(C(=O)OC(C)(C)C)C(C)C1O. The van der Waals surface area contributed by atoms with Gasteiger partial charge in [0.25, 0.3) is 0 Å². The van der Waals surface area contributed by atoms with Crippen LogP contribution in [0.15, 0.2) is 0 Å². The standard InChI is InChI=1S/C12H21NO5/c1-7-9(14)8(10(15)17-5)6-13(7)11(16)18-12(2,3)4/h7-9,14H,6H2,1-5H3/t7?,8-,9?/m1/s1. The van der Waals surface area contributed by atoms with Crippen LogP contribution in [-0.2, 0) is 14.3 Å². The van der Waals surface area contributed by atoms with Crippen LogP contribution in [0.5, 0.6) is 0 Å². The molecular formula is C12H21NO5. The highest BCUT2D eigenvalue weighted by molar-refractivity contribution is 5.77. The Bertz CT molecular complexity index is 336. The second kappa shape index (κ2) is 5.14. The number of ether oxygens (including phenoxy) is 2. The Hall–Kier alpha value is -1.30. The zero-order valence-electron chi connectivity index (χ0n) is 11.5. The minimum atomic E-state index is -0.926. The monoisotopic (exact) mass is 259 g/mol. The summed E-state index contributed by atoms with van der Waals surface area (Å²) in [6, 6.07) is -0.469. The molecule has 0 bridgehead atoms. The number of amides is 1. The van der Waals surface area contributed by atoms with Crippen LogP contribution < -0.4 is 0 Å². The summed E-state index contributed by atoms with van der Waals surface area (Å²) in [6.45, 7) is 7.08. The first-order valence-electron chi connectivity index (χ1n) is 5.93. The first-order valence-corrected chi connectivity index (χ1v) is 5.93. The van der Waals surface area contributed by atoms with E-state index >= 15 is 0 Å². The molecular weight excluding hydrogens is 238 g/mol. The van der Waals surface area contributed by atoms with Crippen molar-refractivity contribution in [2.45, 2.75) is 45.4 Å². The van der Waals surface area contributed by atoms with Gasteiger partial charge >= 0.3 is 12.1 Å². The Kier molecular flexibility index (Phi) is 4.21. The van der Waals surface area contributed by atoms with E-state index in [1.807, 2.05) is 0 Å². The first-order chi connectivity index (χ1) is 8.17. The molecule has 0 aromatic heterocycles. The van der Waals surface area contributed by atoms with E-state index in [1.54, 1.807) is 27.7 Å². The van der Waals surface area contributed by atoms with Gasteiger partial charge in [-0.05, 0) is 27.7 Å². The third-order valence-corrected chi connectivity index (χ3v) is 2.92. The quantitative estimate of drug-likeness (QED) is 0.704. The number of hydrogen-bond acceptors (Lipinski definition) is 5. The maximum Gasteiger partial charge on any atom is 0.410 e. The number of aliphatic hydroxyl groups is 1. The van der Waals surface area contributed by atoms with Gasteiger partial charge in [-0.1, -0.05) is 0 Å². The number of carbonyl (C=O) groups is 2. The molecule has 6 nitrogen and oxygen atoms in total. The molecule has 1 aliphatic heterocycles. The van der Waals surface area contributed by atoms with E-state index in [0.717, 1.165) is 0 Å². The molecule has 0 saturated carbocycles. The van der Waals surface area contributed by atoms with E-state index in [2.05, 4.69) is 4.74 Å². The summed E-state index contributed by atoms with van der Waals surface area (Å²) < 4.78 is 9.83. The van der Waals surface area contributed by atoms with Crippen molar-refractivity contribution in [2.24, 2.45) is 5.92 Å². The Morgan fingerprint density at radius 1 is 1.33 bits per heavy atom. The number of nitrogens with zero attached hydrogens (tertiary/aromatic N) is 1. The van der Waals surface area contributed by atoms with Crippen molar-refractivity contribution in [3.05, 3.63) is 0 Å². The summed E-state index contributed by atoms with van der Waals surface area (Å²) in [5, 5.41) is 9.93. The topological polar surface area (TPSA) is 76.1 Å². The van der Waals surface area contributed by atoms with Gasteiger partial charge in [-0.3, -0.25) is 4.79 Å². The van der Waals surface area contributed by atoms with Crippen LogP contribution in [0.2, 0.25) is 0 Å². The molecule has 2 unspecified atom stereocenters. The van der Waals surface area contributed by atoms with Crippen LogP contribution in [0, 0.1) is 5.92 Å². The minimum absolute atomic E-state index is 0.115. The third kappa shape index (κ3) is 3.13. The van der Waals surface area contributed by atoms with Crippen LogP contribution in [0.25, 0.3) is 0 Å². The smallest absolute Gasteiger partial charge is 0.410 e. The fraction of sp³-hybridized carbons (Fsp3) is 0.833. The summed E-state index contributed by atoms with van der Waals surface area (Å²) in [5.41, 5.74) is -0.606. The Balaban J connectivity index is 2.75. The second-order valence-electron chi connectivity index (χ2n) is 5.49. The lowest BCUT2D eigenvalue weighted by Gasteiger charge is -2.27. The van der Waals surface area contributed by atoms with E-state index in [-0.39, 0.29) is 6.54 Å². The fourth-order valence-corrected chi connectivity index (χ4v) is 1.93. The van der Waals surface area contributed by atoms with Gasteiger partial charge in [0.15, 0.2) is 0 Å². The number of esters is 1. The zero-order valence-corrected chi connectivity index (χ0v) is 11.5. The molecule has 0 aliphatic carbocycles. The van der Waals surface area contributed by atoms with Crippen LogP contribution in [0.1, 0.15) is 27.7 Å². The van der Waals surface area contributed by atoms with Crippen molar-refractivity contribution < 1.29 is 24.2 Å². The fourth-order valence-electron chi connectivity index (χ4n) is 1.93. The molecule has 0 spiro atoms. The highest BCUT2D eigenvalue weighted by Gasteiger charge is 2.45. The molecule has 1 saturated heterocycles. The molecule has 1 amide bonds. The van der Waals surface area contributed by atoms with Gasteiger partial charge in [0.2, 0.25) is 0 Å². The summed E-state index contributed by atoms with van der Waals surface area (Å²) in [7, 11) is 1.26. The molecule has 1 rings (SSSR count). The number of carbonyl (C=O) groups excluding carboxylic acids is 2. The lowest BCUT2D eigenvalue weighted by molar-refractivity contribution is -0.147. The van der Waals surface area contributed by atoms with Crippen molar-refractivity contribution in [1.29, 1.82) is 0 Å². The summed E-state index contributed by atoms with van der Waals surface area (Å²) in [5.74, 6) is -1.22. The lowest BCUT2D eigenvalue weighted by atomic mass is 10.0. The molecule has 0 radical (unpaired) electrons. The summed E-state index contributed by atoms with van der Waals surface area (Å²) in [4.78, 5) is 24.7. The van der Waals surface area contributed by atoms with Crippen molar-refractivity contribution in [1.82, 2.24) is 4.90 Å². The minimum Gasteiger partial charge on any atom is -0.469 e. The number of likely N-dealkylation sites (tertiary alicyclic amines) is 1. The van der Waals surface area contributed by atoms with Gasteiger partial charge in [-0.25, -0.2) is 4.79 Å². The normalized spacial score (nSPS) is 28.1. The maximum absolute atomic E-state index is 11.9. The molecule has 18 heavy (non-hydrogen) atoms. The second-order valence-corrected chi connectivity index (χ2v) is 5.49. The molecule has 3 atom stereocenters.